The predicted molar refractivity (Wildman–Crippen MR) is 67.5 cm³/mol. The second-order valence-electron chi connectivity index (χ2n) is 3.80. The lowest BCUT2D eigenvalue weighted by atomic mass is 10.1. The number of imidazole rings is 1. The Bertz CT molecular complexity index is 708. The molecule has 8 heteroatoms. The molecule has 2 aromatic rings. The van der Waals surface area contributed by atoms with Crippen molar-refractivity contribution < 1.29 is 18.3 Å². The zero-order valence-corrected chi connectivity index (χ0v) is 10.7. The van der Waals surface area contributed by atoms with Crippen LogP contribution in [0.5, 0.6) is 0 Å². The number of carbonyl (C=O) groups is 1. The van der Waals surface area contributed by atoms with Crippen LogP contribution in [0.25, 0.3) is 0 Å². The van der Waals surface area contributed by atoms with E-state index in [0.717, 1.165) is 0 Å². The van der Waals surface area contributed by atoms with Crippen LogP contribution in [0.2, 0.25) is 0 Å². The van der Waals surface area contributed by atoms with Crippen LogP contribution in [-0.2, 0) is 10.0 Å². The Morgan fingerprint density at radius 1 is 1.42 bits per heavy atom. The Morgan fingerprint density at radius 2 is 2.16 bits per heavy atom. The highest BCUT2D eigenvalue weighted by molar-refractivity contribution is 7.92. The first kappa shape index (κ1) is 13.1. The smallest absolute Gasteiger partial charge is 0.336 e. The monoisotopic (exact) mass is 281 g/mol. The molecule has 0 saturated heterocycles. The minimum Gasteiger partial charge on any atom is -0.478 e. The fourth-order valence-corrected chi connectivity index (χ4v) is 2.60. The topological polar surface area (TPSA) is 112 Å². The lowest BCUT2D eigenvalue weighted by Gasteiger charge is -2.10. The summed E-state index contributed by atoms with van der Waals surface area (Å²) in [5.74, 6) is -1.11. The highest BCUT2D eigenvalue weighted by Crippen LogP contribution is 2.21. The Hall–Kier alpha value is -2.35. The van der Waals surface area contributed by atoms with Crippen LogP contribution in [0.1, 0.15) is 15.9 Å². The fraction of sp³-hybridized carbons (Fsp3) is 0.0909. The quantitative estimate of drug-likeness (QED) is 0.780. The zero-order valence-electron chi connectivity index (χ0n) is 9.91. The van der Waals surface area contributed by atoms with Crippen molar-refractivity contribution >= 4 is 21.7 Å². The second kappa shape index (κ2) is 4.73. The van der Waals surface area contributed by atoms with Crippen LogP contribution in [0.15, 0.2) is 35.7 Å². The summed E-state index contributed by atoms with van der Waals surface area (Å²) in [6, 6.07) is 4.38. The van der Waals surface area contributed by atoms with E-state index in [-0.39, 0.29) is 16.3 Å². The molecule has 1 aromatic heterocycles. The molecule has 2 rings (SSSR count). The van der Waals surface area contributed by atoms with Crippen LogP contribution >= 0.6 is 0 Å². The molecule has 7 nitrogen and oxygen atoms in total. The molecule has 0 aliphatic carbocycles. The lowest BCUT2D eigenvalue weighted by Crippen LogP contribution is -2.15. The van der Waals surface area contributed by atoms with Gasteiger partial charge < -0.3 is 10.1 Å². The highest BCUT2D eigenvalue weighted by Gasteiger charge is 2.18. The van der Waals surface area contributed by atoms with Crippen molar-refractivity contribution in [3.63, 3.8) is 0 Å². The van der Waals surface area contributed by atoms with Crippen LogP contribution in [0, 0.1) is 6.92 Å². The molecule has 3 N–H and O–H groups in total. The molecule has 0 bridgehead atoms. The fourth-order valence-electron chi connectivity index (χ4n) is 1.57. The molecule has 19 heavy (non-hydrogen) atoms. The number of nitrogens with zero attached hydrogens (tertiary/aromatic N) is 1. The average molecular weight is 281 g/mol. The third-order valence-electron chi connectivity index (χ3n) is 2.57. The maximum atomic E-state index is 12.0. The van der Waals surface area contributed by atoms with Gasteiger partial charge in [-0.25, -0.2) is 9.78 Å². The SMILES string of the molecule is Cc1c(NS(=O)(=O)c2cnc[nH]2)cccc1C(=O)O. The van der Waals surface area contributed by atoms with Gasteiger partial charge in [0.25, 0.3) is 10.0 Å². The van der Waals surface area contributed by atoms with Crippen molar-refractivity contribution in [2.24, 2.45) is 0 Å². The minimum absolute atomic E-state index is 0.0461. The summed E-state index contributed by atoms with van der Waals surface area (Å²) in [5, 5.41) is 8.89. The molecule has 0 atom stereocenters. The van der Waals surface area contributed by atoms with Crippen molar-refractivity contribution in [3.05, 3.63) is 41.9 Å². The van der Waals surface area contributed by atoms with Crippen LogP contribution in [0.4, 0.5) is 5.69 Å². The number of sulfonamides is 1. The standard InChI is InChI=1S/C11H11N3O4S/c1-7-8(11(15)16)3-2-4-9(7)14-19(17,18)10-5-12-6-13-10/h2-6,14H,1H3,(H,12,13)(H,15,16). The molecule has 0 spiro atoms. The largest absolute Gasteiger partial charge is 0.478 e. The van der Waals surface area contributed by atoms with Gasteiger partial charge in [0.2, 0.25) is 0 Å². The van der Waals surface area contributed by atoms with Gasteiger partial charge in [-0.05, 0) is 24.6 Å². The van der Waals surface area contributed by atoms with Crippen LogP contribution in [0.3, 0.4) is 0 Å². The highest BCUT2D eigenvalue weighted by atomic mass is 32.2. The summed E-state index contributed by atoms with van der Waals surface area (Å²) < 4.78 is 26.3. The van der Waals surface area contributed by atoms with Gasteiger partial charge in [-0.1, -0.05) is 6.07 Å². The third-order valence-corrected chi connectivity index (χ3v) is 3.86. The van der Waals surface area contributed by atoms with Crippen molar-refractivity contribution in [2.75, 3.05) is 4.72 Å². The number of anilines is 1. The summed E-state index contributed by atoms with van der Waals surface area (Å²) in [6.45, 7) is 1.54. The minimum atomic E-state index is -3.80. The molecule has 0 saturated carbocycles. The number of carboxylic acid groups (broad SMARTS) is 1. The summed E-state index contributed by atoms with van der Waals surface area (Å²) in [6.07, 6.45) is 2.41. The number of carboxylic acids is 1. The van der Waals surface area contributed by atoms with E-state index in [4.69, 9.17) is 5.11 Å². The van der Waals surface area contributed by atoms with E-state index in [0.29, 0.717) is 5.56 Å². The van der Waals surface area contributed by atoms with Gasteiger partial charge in [0.15, 0.2) is 5.03 Å². The van der Waals surface area contributed by atoms with Gasteiger partial charge in [0, 0.05) is 0 Å². The van der Waals surface area contributed by atoms with Gasteiger partial charge in [0.1, 0.15) is 0 Å². The van der Waals surface area contributed by atoms with Crippen LogP contribution < -0.4 is 4.72 Å². The van der Waals surface area contributed by atoms with Gasteiger partial charge >= 0.3 is 5.97 Å². The molecule has 1 heterocycles. The number of hydrogen-bond acceptors (Lipinski definition) is 4. The molecule has 0 fully saturated rings. The molecule has 0 amide bonds. The van der Waals surface area contributed by atoms with E-state index >= 15 is 0 Å². The molecule has 1 aromatic carbocycles. The van der Waals surface area contributed by atoms with E-state index in [2.05, 4.69) is 14.7 Å². The molecular weight excluding hydrogens is 270 g/mol. The predicted octanol–water partition coefficient (Wildman–Crippen LogP) is 1.22. The van der Waals surface area contributed by atoms with Gasteiger partial charge in [-0.15, -0.1) is 0 Å². The Morgan fingerprint density at radius 3 is 2.74 bits per heavy atom. The number of nitrogens with one attached hydrogen (secondary N) is 2. The van der Waals surface area contributed by atoms with Gasteiger partial charge in [0.05, 0.1) is 23.8 Å². The van der Waals surface area contributed by atoms with Crippen molar-refractivity contribution in [1.82, 2.24) is 9.97 Å². The lowest BCUT2D eigenvalue weighted by molar-refractivity contribution is 0.0696. The first-order chi connectivity index (χ1) is 8.92. The summed E-state index contributed by atoms with van der Waals surface area (Å²) >= 11 is 0. The number of benzene rings is 1. The van der Waals surface area contributed by atoms with E-state index in [1.807, 2.05) is 0 Å². The van der Waals surface area contributed by atoms with Crippen molar-refractivity contribution in [1.29, 1.82) is 0 Å². The summed E-state index contributed by atoms with van der Waals surface area (Å²) in [5.41, 5.74) is 0.609. The van der Waals surface area contributed by atoms with Crippen molar-refractivity contribution in [2.45, 2.75) is 11.9 Å². The molecular formula is C11H11N3O4S. The van der Waals surface area contributed by atoms with Crippen molar-refractivity contribution in [3.8, 4) is 0 Å². The van der Waals surface area contributed by atoms with Crippen LogP contribution in [-0.4, -0.2) is 29.5 Å². The average Bonchev–Trinajstić information content (AvgIpc) is 2.85. The number of hydrogen-bond donors (Lipinski definition) is 3. The molecule has 0 aliphatic heterocycles. The Labute approximate surface area is 109 Å². The molecule has 100 valence electrons. The maximum absolute atomic E-state index is 12.0. The molecule has 0 aliphatic rings. The molecule has 0 radical (unpaired) electrons. The Kier molecular flexibility index (Phi) is 3.26. The Balaban J connectivity index is 2.40. The summed E-state index contributed by atoms with van der Waals surface area (Å²) in [4.78, 5) is 17.1. The first-order valence-corrected chi connectivity index (χ1v) is 6.74. The van der Waals surface area contributed by atoms with Gasteiger partial charge in [-0.2, -0.15) is 8.42 Å². The van der Waals surface area contributed by atoms with E-state index < -0.39 is 16.0 Å². The van der Waals surface area contributed by atoms with E-state index in [1.165, 1.54) is 37.6 Å². The normalized spacial score (nSPS) is 11.2. The summed E-state index contributed by atoms with van der Waals surface area (Å²) in [7, 11) is -3.80. The van der Waals surface area contributed by atoms with Gasteiger partial charge in [-0.3, -0.25) is 4.72 Å². The van der Waals surface area contributed by atoms with E-state index in [1.54, 1.807) is 0 Å². The third kappa shape index (κ3) is 2.58. The van der Waals surface area contributed by atoms with E-state index in [9.17, 15) is 13.2 Å². The second-order valence-corrected chi connectivity index (χ2v) is 5.46. The number of H-pyrrole nitrogens is 1. The first-order valence-electron chi connectivity index (χ1n) is 5.26. The zero-order chi connectivity index (χ0) is 14.0. The maximum Gasteiger partial charge on any atom is 0.336 e. The number of aromatic carboxylic acids is 1. The molecule has 0 unspecified atom stereocenters. The number of aromatic amines is 1. The number of aromatic nitrogens is 2. The number of rotatable bonds is 4.